The zero-order valence-corrected chi connectivity index (χ0v) is 11.7. The van der Waals surface area contributed by atoms with Gasteiger partial charge in [0.15, 0.2) is 0 Å². The molecule has 0 spiro atoms. The van der Waals surface area contributed by atoms with Crippen molar-refractivity contribution in [2.45, 2.75) is 70.9 Å². The van der Waals surface area contributed by atoms with Crippen molar-refractivity contribution in [3.05, 3.63) is 0 Å². The molecule has 2 atom stereocenters. The number of esters is 1. The van der Waals surface area contributed by atoms with Crippen LogP contribution in [0.15, 0.2) is 0 Å². The fraction of sp³-hybridized carbons (Fsp3) is 0.929. The molecule has 1 rings (SSSR count). The van der Waals surface area contributed by atoms with Crippen molar-refractivity contribution in [3.63, 3.8) is 0 Å². The van der Waals surface area contributed by atoms with E-state index in [1.807, 2.05) is 6.92 Å². The van der Waals surface area contributed by atoms with E-state index in [1.54, 1.807) is 0 Å². The third-order valence-electron chi connectivity index (χ3n) is 4.19. The van der Waals surface area contributed by atoms with Crippen LogP contribution in [-0.2, 0) is 9.53 Å². The molecule has 0 aliphatic heterocycles. The summed E-state index contributed by atoms with van der Waals surface area (Å²) in [6, 6.07) is 0.348. The summed E-state index contributed by atoms with van der Waals surface area (Å²) >= 11 is 0. The Labute approximate surface area is 105 Å². The van der Waals surface area contributed by atoms with E-state index in [4.69, 9.17) is 4.74 Å². The predicted octanol–water partition coefficient (Wildman–Crippen LogP) is 2.89. The highest BCUT2D eigenvalue weighted by molar-refractivity contribution is 5.80. The molecule has 0 saturated heterocycles. The van der Waals surface area contributed by atoms with Gasteiger partial charge in [0.25, 0.3) is 0 Å². The Morgan fingerprint density at radius 3 is 2.47 bits per heavy atom. The number of carbonyl (C=O) groups excluding carboxylic acids is 1. The highest BCUT2D eigenvalue weighted by Gasteiger charge is 2.42. The lowest BCUT2D eigenvalue weighted by Crippen LogP contribution is -2.58. The number of ether oxygens (including phenoxy) is 1. The Kier molecular flexibility index (Phi) is 5.44. The molecule has 1 N–H and O–H groups in total. The van der Waals surface area contributed by atoms with Gasteiger partial charge in [0.1, 0.15) is 5.54 Å². The molecule has 3 nitrogen and oxygen atoms in total. The molecule has 0 aromatic rings. The van der Waals surface area contributed by atoms with Gasteiger partial charge < -0.3 is 4.74 Å². The van der Waals surface area contributed by atoms with Crippen molar-refractivity contribution in [3.8, 4) is 0 Å². The van der Waals surface area contributed by atoms with Gasteiger partial charge >= 0.3 is 5.97 Å². The monoisotopic (exact) mass is 241 g/mol. The van der Waals surface area contributed by atoms with Crippen LogP contribution in [0.5, 0.6) is 0 Å². The van der Waals surface area contributed by atoms with Gasteiger partial charge in [0, 0.05) is 6.04 Å². The molecule has 0 bridgehead atoms. The average molecular weight is 241 g/mol. The first-order valence-electron chi connectivity index (χ1n) is 6.90. The Morgan fingerprint density at radius 2 is 2.00 bits per heavy atom. The van der Waals surface area contributed by atoms with Crippen LogP contribution in [0.4, 0.5) is 0 Å². The van der Waals surface area contributed by atoms with Crippen LogP contribution in [-0.4, -0.2) is 24.7 Å². The quantitative estimate of drug-likeness (QED) is 0.752. The van der Waals surface area contributed by atoms with Crippen LogP contribution in [0, 0.1) is 5.92 Å². The number of carbonyl (C=O) groups is 1. The highest BCUT2D eigenvalue weighted by Crippen LogP contribution is 2.33. The summed E-state index contributed by atoms with van der Waals surface area (Å²) in [4.78, 5) is 12.1. The van der Waals surface area contributed by atoms with Crippen molar-refractivity contribution < 1.29 is 9.53 Å². The van der Waals surface area contributed by atoms with Gasteiger partial charge in [-0.15, -0.1) is 0 Å². The third kappa shape index (κ3) is 3.44. The first-order valence-corrected chi connectivity index (χ1v) is 6.90. The van der Waals surface area contributed by atoms with E-state index in [2.05, 4.69) is 19.2 Å². The number of hydrogen-bond acceptors (Lipinski definition) is 3. The average Bonchev–Trinajstić information content (AvgIpc) is 2.38. The van der Waals surface area contributed by atoms with E-state index in [0.717, 1.165) is 19.3 Å². The molecule has 0 amide bonds. The second kappa shape index (κ2) is 6.39. The van der Waals surface area contributed by atoms with Crippen molar-refractivity contribution in [2.24, 2.45) is 5.92 Å². The summed E-state index contributed by atoms with van der Waals surface area (Å²) < 4.78 is 5.01. The van der Waals surface area contributed by atoms with Crippen LogP contribution >= 0.6 is 0 Å². The number of methoxy groups -OCH3 is 1. The number of hydrogen-bond donors (Lipinski definition) is 1. The minimum atomic E-state index is -0.509. The number of rotatable bonds is 5. The highest BCUT2D eigenvalue weighted by atomic mass is 16.5. The van der Waals surface area contributed by atoms with Crippen molar-refractivity contribution in [2.75, 3.05) is 7.11 Å². The molecular weight excluding hydrogens is 214 g/mol. The van der Waals surface area contributed by atoms with Crippen LogP contribution < -0.4 is 5.32 Å². The van der Waals surface area contributed by atoms with Crippen molar-refractivity contribution in [1.29, 1.82) is 0 Å². The Morgan fingerprint density at radius 1 is 1.41 bits per heavy atom. The molecule has 1 aliphatic rings. The van der Waals surface area contributed by atoms with E-state index in [-0.39, 0.29) is 5.97 Å². The molecule has 1 saturated carbocycles. The maximum absolute atomic E-state index is 12.1. The molecule has 0 radical (unpaired) electrons. The molecule has 0 aromatic carbocycles. The SMILES string of the molecule is CCC(C)NC(C)(C(=O)OC)C1CCCCC1. The van der Waals surface area contributed by atoms with Gasteiger partial charge in [-0.3, -0.25) is 10.1 Å². The van der Waals surface area contributed by atoms with E-state index in [0.29, 0.717) is 12.0 Å². The fourth-order valence-electron chi connectivity index (χ4n) is 2.85. The van der Waals surface area contributed by atoms with Gasteiger partial charge in [-0.05, 0) is 39.0 Å². The first kappa shape index (κ1) is 14.5. The Hall–Kier alpha value is -0.570. The summed E-state index contributed by atoms with van der Waals surface area (Å²) in [6.07, 6.45) is 7.07. The maximum atomic E-state index is 12.1. The molecule has 2 unspecified atom stereocenters. The van der Waals surface area contributed by atoms with E-state index >= 15 is 0 Å². The molecule has 17 heavy (non-hydrogen) atoms. The van der Waals surface area contributed by atoms with Gasteiger partial charge in [-0.2, -0.15) is 0 Å². The van der Waals surface area contributed by atoms with Crippen LogP contribution in [0.1, 0.15) is 59.3 Å². The summed E-state index contributed by atoms with van der Waals surface area (Å²) in [6.45, 7) is 6.28. The van der Waals surface area contributed by atoms with Gasteiger partial charge in [0.2, 0.25) is 0 Å². The van der Waals surface area contributed by atoms with Crippen molar-refractivity contribution >= 4 is 5.97 Å². The second-order valence-corrected chi connectivity index (χ2v) is 5.48. The fourth-order valence-corrected chi connectivity index (χ4v) is 2.85. The minimum Gasteiger partial charge on any atom is -0.468 e. The molecule has 0 heterocycles. The molecule has 0 aromatic heterocycles. The van der Waals surface area contributed by atoms with Crippen molar-refractivity contribution in [1.82, 2.24) is 5.32 Å². The van der Waals surface area contributed by atoms with Crippen LogP contribution in [0.2, 0.25) is 0 Å². The second-order valence-electron chi connectivity index (χ2n) is 5.48. The lowest BCUT2D eigenvalue weighted by molar-refractivity contribution is -0.151. The summed E-state index contributed by atoms with van der Waals surface area (Å²) in [5, 5.41) is 3.49. The van der Waals surface area contributed by atoms with Gasteiger partial charge in [-0.1, -0.05) is 26.2 Å². The topological polar surface area (TPSA) is 38.3 Å². The molecular formula is C14H27NO2. The van der Waals surface area contributed by atoms with Gasteiger partial charge in [-0.25, -0.2) is 0 Å². The zero-order valence-electron chi connectivity index (χ0n) is 11.7. The molecule has 3 heteroatoms. The summed E-state index contributed by atoms with van der Waals surface area (Å²) in [7, 11) is 1.49. The lowest BCUT2D eigenvalue weighted by atomic mass is 9.75. The molecule has 1 aliphatic carbocycles. The third-order valence-corrected chi connectivity index (χ3v) is 4.19. The van der Waals surface area contributed by atoms with E-state index < -0.39 is 5.54 Å². The smallest absolute Gasteiger partial charge is 0.326 e. The zero-order chi connectivity index (χ0) is 12.9. The maximum Gasteiger partial charge on any atom is 0.326 e. The normalized spacial score (nSPS) is 22.8. The van der Waals surface area contributed by atoms with E-state index in [1.165, 1.54) is 26.4 Å². The summed E-state index contributed by atoms with van der Waals surface area (Å²) in [5.41, 5.74) is -0.509. The van der Waals surface area contributed by atoms with Gasteiger partial charge in [0.05, 0.1) is 7.11 Å². The Bertz CT molecular complexity index is 249. The van der Waals surface area contributed by atoms with E-state index in [9.17, 15) is 4.79 Å². The number of nitrogens with one attached hydrogen (secondary N) is 1. The lowest BCUT2D eigenvalue weighted by Gasteiger charge is -2.40. The Balaban J connectivity index is 2.79. The predicted molar refractivity (Wildman–Crippen MR) is 69.9 cm³/mol. The standard InChI is InChI=1S/C14H27NO2/c1-5-11(2)15-14(3,13(16)17-4)12-9-7-6-8-10-12/h11-12,15H,5-10H2,1-4H3. The largest absolute Gasteiger partial charge is 0.468 e. The molecule has 100 valence electrons. The molecule has 1 fully saturated rings. The van der Waals surface area contributed by atoms with Crippen LogP contribution in [0.3, 0.4) is 0 Å². The first-order chi connectivity index (χ1) is 8.04. The minimum absolute atomic E-state index is 0.107. The van der Waals surface area contributed by atoms with Crippen LogP contribution in [0.25, 0.3) is 0 Å². The summed E-state index contributed by atoms with van der Waals surface area (Å²) in [5.74, 6) is 0.308.